The van der Waals surface area contributed by atoms with E-state index in [0.29, 0.717) is 5.69 Å². The molecule has 14 heavy (non-hydrogen) atoms. The minimum Gasteiger partial charge on any atom is -0.396 e. The maximum Gasteiger partial charge on any atom is 0.148 e. The lowest BCUT2D eigenvalue weighted by Gasteiger charge is -2.05. The van der Waals surface area contributed by atoms with E-state index >= 15 is 0 Å². The monoisotopic (exact) mass is 191 g/mol. The average molecular weight is 191 g/mol. The Labute approximate surface area is 81.0 Å². The van der Waals surface area contributed by atoms with Crippen molar-refractivity contribution < 1.29 is 4.39 Å². The topological polar surface area (TPSA) is 43.8 Å². The first-order valence-electron chi connectivity index (χ1n) is 4.24. The molecule has 0 atom stereocenters. The van der Waals surface area contributed by atoms with E-state index < -0.39 is 5.82 Å². The summed E-state index contributed by atoms with van der Waals surface area (Å²) in [5.74, 6) is -0.419. The van der Waals surface area contributed by atoms with Crippen LogP contribution in [0.1, 0.15) is 5.69 Å². The molecule has 0 spiro atoms. The zero-order valence-corrected chi connectivity index (χ0v) is 7.74. The Bertz CT molecular complexity index is 462. The van der Waals surface area contributed by atoms with Gasteiger partial charge in [0.05, 0.1) is 11.4 Å². The second kappa shape index (κ2) is 3.14. The van der Waals surface area contributed by atoms with Crippen LogP contribution in [0.2, 0.25) is 0 Å². The summed E-state index contributed by atoms with van der Waals surface area (Å²) >= 11 is 0. The van der Waals surface area contributed by atoms with Crippen molar-refractivity contribution >= 4 is 5.69 Å². The van der Waals surface area contributed by atoms with Gasteiger partial charge in [-0.1, -0.05) is 0 Å². The molecule has 1 aromatic carbocycles. The maximum atomic E-state index is 13.1. The highest BCUT2D eigenvalue weighted by molar-refractivity contribution is 5.46. The predicted octanol–water partition coefficient (Wildman–Crippen LogP) is 1.90. The molecule has 2 N–H and O–H groups in total. The molecule has 0 amide bonds. The molecule has 3 nitrogen and oxygen atoms in total. The first-order chi connectivity index (χ1) is 6.68. The Morgan fingerprint density at radius 3 is 2.71 bits per heavy atom. The summed E-state index contributed by atoms with van der Waals surface area (Å²) in [5.41, 5.74) is 7.16. The molecule has 0 radical (unpaired) electrons. The third kappa shape index (κ3) is 1.35. The average Bonchev–Trinajstić information content (AvgIpc) is 2.57. The highest BCUT2D eigenvalue weighted by atomic mass is 19.1. The number of nitrogen functional groups attached to an aromatic ring is 1. The van der Waals surface area contributed by atoms with Crippen molar-refractivity contribution in [2.45, 2.75) is 6.92 Å². The third-order valence-corrected chi connectivity index (χ3v) is 2.06. The summed E-state index contributed by atoms with van der Waals surface area (Å²) in [6.07, 6.45) is 1.67. The van der Waals surface area contributed by atoms with Crippen LogP contribution in [0.15, 0.2) is 30.5 Å². The Morgan fingerprint density at radius 2 is 2.14 bits per heavy atom. The van der Waals surface area contributed by atoms with Crippen molar-refractivity contribution in [1.82, 2.24) is 9.78 Å². The maximum absolute atomic E-state index is 13.1. The zero-order chi connectivity index (χ0) is 10.1. The van der Waals surface area contributed by atoms with Crippen LogP contribution in [-0.4, -0.2) is 9.78 Å². The first-order valence-corrected chi connectivity index (χ1v) is 4.24. The predicted molar refractivity (Wildman–Crippen MR) is 52.7 cm³/mol. The minimum atomic E-state index is -0.419. The van der Waals surface area contributed by atoms with E-state index in [0.717, 1.165) is 5.69 Å². The van der Waals surface area contributed by atoms with Gasteiger partial charge in [-0.3, -0.25) is 0 Å². The van der Waals surface area contributed by atoms with Crippen LogP contribution in [0, 0.1) is 12.7 Å². The number of benzene rings is 1. The van der Waals surface area contributed by atoms with E-state index in [9.17, 15) is 4.39 Å². The van der Waals surface area contributed by atoms with Crippen molar-refractivity contribution in [3.63, 3.8) is 0 Å². The summed E-state index contributed by atoms with van der Waals surface area (Å²) in [7, 11) is 0. The zero-order valence-electron chi connectivity index (χ0n) is 7.74. The van der Waals surface area contributed by atoms with Gasteiger partial charge >= 0.3 is 0 Å². The van der Waals surface area contributed by atoms with Crippen LogP contribution < -0.4 is 5.73 Å². The Morgan fingerprint density at radius 1 is 1.36 bits per heavy atom. The Kier molecular flexibility index (Phi) is 1.96. The lowest BCUT2D eigenvalue weighted by molar-refractivity contribution is 0.630. The van der Waals surface area contributed by atoms with E-state index in [4.69, 9.17) is 5.73 Å². The molecule has 0 fully saturated rings. The minimum absolute atomic E-state index is 0.151. The van der Waals surface area contributed by atoms with Crippen LogP contribution in [0.5, 0.6) is 0 Å². The van der Waals surface area contributed by atoms with E-state index in [1.165, 1.54) is 12.1 Å². The first kappa shape index (κ1) is 8.74. The van der Waals surface area contributed by atoms with Crippen molar-refractivity contribution in [3.05, 3.63) is 42.0 Å². The normalized spacial score (nSPS) is 10.4. The largest absolute Gasteiger partial charge is 0.396 e. The van der Waals surface area contributed by atoms with Gasteiger partial charge in [0.2, 0.25) is 0 Å². The molecule has 0 unspecified atom stereocenters. The highest BCUT2D eigenvalue weighted by Gasteiger charge is 2.03. The summed E-state index contributed by atoms with van der Waals surface area (Å²) < 4.78 is 14.8. The lowest BCUT2D eigenvalue weighted by atomic mass is 10.2. The molecule has 2 rings (SSSR count). The number of nitrogens with two attached hydrogens (primary N) is 1. The number of aryl methyl sites for hydroxylation is 1. The molecule has 0 aliphatic rings. The fraction of sp³-hybridized carbons (Fsp3) is 0.100. The molecule has 0 saturated heterocycles. The quantitative estimate of drug-likeness (QED) is 0.699. The number of anilines is 1. The van der Waals surface area contributed by atoms with Crippen molar-refractivity contribution in [3.8, 4) is 5.69 Å². The number of nitrogens with zero attached hydrogens (tertiary/aromatic N) is 2. The Balaban J connectivity index is 2.53. The molecule has 0 aliphatic heterocycles. The van der Waals surface area contributed by atoms with Crippen molar-refractivity contribution in [2.75, 3.05) is 5.73 Å². The standard InChI is InChI=1S/C10H10FN3/c1-7-4-5-13-14(7)8-2-3-10(12)9(11)6-8/h2-6H,12H2,1H3. The number of aromatic nitrogens is 2. The summed E-state index contributed by atoms with van der Waals surface area (Å²) in [5, 5.41) is 4.07. The van der Waals surface area contributed by atoms with E-state index in [1.54, 1.807) is 16.9 Å². The van der Waals surface area contributed by atoms with E-state index in [1.807, 2.05) is 13.0 Å². The smallest absolute Gasteiger partial charge is 0.148 e. The van der Waals surface area contributed by atoms with Gasteiger partial charge in [-0.2, -0.15) is 5.10 Å². The van der Waals surface area contributed by atoms with Gasteiger partial charge in [0.25, 0.3) is 0 Å². The number of halogens is 1. The van der Waals surface area contributed by atoms with Gasteiger partial charge in [0, 0.05) is 18.0 Å². The van der Waals surface area contributed by atoms with Gasteiger partial charge in [0.1, 0.15) is 5.82 Å². The fourth-order valence-electron chi connectivity index (χ4n) is 1.29. The summed E-state index contributed by atoms with van der Waals surface area (Å²) in [6, 6.07) is 6.49. The van der Waals surface area contributed by atoms with Gasteiger partial charge in [-0.05, 0) is 25.1 Å². The van der Waals surface area contributed by atoms with Gasteiger partial charge in [-0.25, -0.2) is 9.07 Å². The molecular weight excluding hydrogens is 181 g/mol. The third-order valence-electron chi connectivity index (χ3n) is 2.06. The number of rotatable bonds is 1. The molecule has 2 aromatic rings. The summed E-state index contributed by atoms with van der Waals surface area (Å²) in [6.45, 7) is 1.90. The number of hydrogen-bond donors (Lipinski definition) is 1. The molecule has 72 valence electrons. The molecule has 0 aliphatic carbocycles. The highest BCUT2D eigenvalue weighted by Crippen LogP contribution is 2.16. The number of hydrogen-bond acceptors (Lipinski definition) is 2. The fourth-order valence-corrected chi connectivity index (χ4v) is 1.29. The van der Waals surface area contributed by atoms with Gasteiger partial charge in [-0.15, -0.1) is 0 Å². The van der Waals surface area contributed by atoms with Crippen molar-refractivity contribution in [2.24, 2.45) is 0 Å². The summed E-state index contributed by atoms with van der Waals surface area (Å²) in [4.78, 5) is 0. The molecular formula is C10H10FN3. The SMILES string of the molecule is Cc1ccnn1-c1ccc(N)c(F)c1. The van der Waals surface area contributed by atoms with Crippen LogP contribution in [0.3, 0.4) is 0 Å². The molecule has 1 aromatic heterocycles. The Hall–Kier alpha value is -1.84. The second-order valence-corrected chi connectivity index (χ2v) is 3.09. The van der Waals surface area contributed by atoms with Gasteiger partial charge < -0.3 is 5.73 Å². The molecule has 0 bridgehead atoms. The van der Waals surface area contributed by atoms with Crippen LogP contribution >= 0.6 is 0 Å². The van der Waals surface area contributed by atoms with E-state index in [-0.39, 0.29) is 5.69 Å². The van der Waals surface area contributed by atoms with Crippen LogP contribution in [0.25, 0.3) is 5.69 Å². The molecule has 0 saturated carbocycles. The van der Waals surface area contributed by atoms with Crippen LogP contribution in [-0.2, 0) is 0 Å². The van der Waals surface area contributed by atoms with E-state index in [2.05, 4.69) is 5.10 Å². The van der Waals surface area contributed by atoms with Crippen LogP contribution in [0.4, 0.5) is 10.1 Å². The molecule has 4 heteroatoms. The lowest BCUT2D eigenvalue weighted by Crippen LogP contribution is -2.00. The second-order valence-electron chi connectivity index (χ2n) is 3.09. The van der Waals surface area contributed by atoms with Gasteiger partial charge in [0.15, 0.2) is 0 Å². The van der Waals surface area contributed by atoms with Crippen molar-refractivity contribution in [1.29, 1.82) is 0 Å². The molecule has 1 heterocycles.